The Morgan fingerprint density at radius 3 is 2.77 bits per heavy atom. The zero-order valence-corrected chi connectivity index (χ0v) is 12.7. The summed E-state index contributed by atoms with van der Waals surface area (Å²) in [6.45, 7) is 5.56. The molecular weight excluding hydrogens is 278 g/mol. The highest BCUT2D eigenvalue weighted by molar-refractivity contribution is 5.30. The number of rotatable bonds is 6. The second kappa shape index (κ2) is 6.48. The Labute approximate surface area is 129 Å². The van der Waals surface area contributed by atoms with E-state index in [0.717, 1.165) is 18.1 Å². The average molecular weight is 297 g/mol. The van der Waals surface area contributed by atoms with Crippen molar-refractivity contribution in [2.24, 2.45) is 0 Å². The van der Waals surface area contributed by atoms with Gasteiger partial charge in [0.2, 0.25) is 0 Å². The molecule has 22 heavy (non-hydrogen) atoms. The molecule has 0 amide bonds. The maximum Gasteiger partial charge on any atom is 0.170 e. The number of benzene rings is 1. The van der Waals surface area contributed by atoms with Crippen LogP contribution < -0.4 is 5.32 Å². The number of tetrazole rings is 1. The third-order valence-corrected chi connectivity index (χ3v) is 3.37. The third kappa shape index (κ3) is 3.37. The summed E-state index contributed by atoms with van der Waals surface area (Å²) in [5, 5.41) is 19.6. The molecule has 0 saturated heterocycles. The number of nitrogens with zero attached hydrogens (tertiary/aromatic N) is 6. The van der Waals surface area contributed by atoms with Crippen molar-refractivity contribution in [3.05, 3.63) is 54.1 Å². The summed E-state index contributed by atoms with van der Waals surface area (Å²) >= 11 is 0. The quantitative estimate of drug-likeness (QED) is 0.743. The first-order chi connectivity index (χ1) is 10.7. The van der Waals surface area contributed by atoms with Gasteiger partial charge in [-0.3, -0.25) is 4.68 Å². The van der Waals surface area contributed by atoms with Gasteiger partial charge in [0.05, 0.1) is 25.0 Å². The monoisotopic (exact) mass is 297 g/mol. The summed E-state index contributed by atoms with van der Waals surface area (Å²) in [7, 11) is 0. The minimum atomic E-state index is 0.264. The van der Waals surface area contributed by atoms with Crippen LogP contribution in [0, 0.1) is 6.92 Å². The van der Waals surface area contributed by atoms with E-state index in [-0.39, 0.29) is 6.04 Å². The molecule has 0 saturated carbocycles. The molecule has 0 radical (unpaired) electrons. The average Bonchev–Trinajstić information content (AvgIpc) is 3.15. The first kappa shape index (κ1) is 14.4. The van der Waals surface area contributed by atoms with Crippen molar-refractivity contribution in [2.75, 3.05) is 0 Å². The molecule has 1 N–H and O–H groups in total. The van der Waals surface area contributed by atoms with Gasteiger partial charge in [-0.05, 0) is 42.0 Å². The lowest BCUT2D eigenvalue weighted by Gasteiger charge is -2.13. The molecule has 3 rings (SSSR count). The first-order valence-corrected chi connectivity index (χ1v) is 7.27. The Balaban J connectivity index is 1.61. The lowest BCUT2D eigenvalue weighted by atomic mass is 10.3. The van der Waals surface area contributed by atoms with E-state index >= 15 is 0 Å². The van der Waals surface area contributed by atoms with Crippen LogP contribution in [-0.2, 0) is 13.1 Å². The smallest absolute Gasteiger partial charge is 0.170 e. The molecule has 0 fully saturated rings. The van der Waals surface area contributed by atoms with Crippen molar-refractivity contribution in [1.82, 2.24) is 35.3 Å². The van der Waals surface area contributed by atoms with Crippen LogP contribution in [-0.4, -0.2) is 36.0 Å². The van der Waals surface area contributed by atoms with Gasteiger partial charge >= 0.3 is 0 Å². The summed E-state index contributed by atoms with van der Waals surface area (Å²) in [5.41, 5.74) is 2.12. The lowest BCUT2D eigenvalue weighted by molar-refractivity contribution is 0.443. The van der Waals surface area contributed by atoms with E-state index in [1.807, 2.05) is 54.3 Å². The van der Waals surface area contributed by atoms with Gasteiger partial charge in [-0.2, -0.15) is 9.78 Å². The van der Waals surface area contributed by atoms with Gasteiger partial charge in [0, 0.05) is 12.2 Å². The molecule has 0 unspecified atom stereocenters. The molecule has 0 aliphatic carbocycles. The van der Waals surface area contributed by atoms with E-state index < -0.39 is 0 Å². The van der Waals surface area contributed by atoms with E-state index in [9.17, 15) is 0 Å². The molecule has 1 atom stereocenters. The summed E-state index contributed by atoms with van der Waals surface area (Å²) in [6, 6.07) is 10.1. The topological polar surface area (TPSA) is 73.5 Å². The van der Waals surface area contributed by atoms with Gasteiger partial charge in [-0.1, -0.05) is 18.2 Å². The van der Waals surface area contributed by atoms with E-state index in [1.54, 1.807) is 4.68 Å². The Bertz CT molecular complexity index is 716. The van der Waals surface area contributed by atoms with Crippen LogP contribution in [0.4, 0.5) is 0 Å². The van der Waals surface area contributed by atoms with Gasteiger partial charge in [0.15, 0.2) is 5.82 Å². The van der Waals surface area contributed by atoms with Crippen LogP contribution >= 0.6 is 0 Å². The molecule has 0 bridgehead atoms. The fraction of sp³-hybridized carbons (Fsp3) is 0.333. The van der Waals surface area contributed by atoms with Gasteiger partial charge in [-0.25, -0.2) is 0 Å². The maximum atomic E-state index is 4.30. The number of aryl methyl sites for hydroxylation is 1. The molecule has 2 heterocycles. The van der Waals surface area contributed by atoms with Crippen LogP contribution in [0.25, 0.3) is 5.69 Å². The molecule has 3 aromatic rings. The van der Waals surface area contributed by atoms with Crippen LogP contribution in [0.5, 0.6) is 0 Å². The van der Waals surface area contributed by atoms with Gasteiger partial charge in [0.1, 0.15) is 0 Å². The van der Waals surface area contributed by atoms with E-state index in [4.69, 9.17) is 0 Å². The summed E-state index contributed by atoms with van der Waals surface area (Å²) in [5.74, 6) is 0.787. The van der Waals surface area contributed by atoms with Crippen molar-refractivity contribution in [1.29, 1.82) is 0 Å². The van der Waals surface area contributed by atoms with Crippen molar-refractivity contribution in [3.8, 4) is 5.69 Å². The standard InChI is InChI=1S/C15H19N7/c1-12-8-17-21(10-12)11-13(2)16-9-15-18-19-20-22(15)14-6-4-3-5-7-14/h3-8,10,13,16H,9,11H2,1-2H3/t13-/m1/s1. The van der Waals surface area contributed by atoms with Crippen molar-refractivity contribution < 1.29 is 0 Å². The fourth-order valence-corrected chi connectivity index (χ4v) is 2.26. The SMILES string of the molecule is Cc1cnn(C[C@@H](C)NCc2nnnn2-c2ccccc2)c1. The number of nitrogens with one attached hydrogen (secondary N) is 1. The maximum absolute atomic E-state index is 4.30. The zero-order chi connectivity index (χ0) is 15.4. The molecule has 2 aromatic heterocycles. The number of hydrogen-bond acceptors (Lipinski definition) is 5. The van der Waals surface area contributed by atoms with Crippen molar-refractivity contribution >= 4 is 0 Å². The molecule has 0 aliphatic rings. The number of para-hydroxylation sites is 1. The van der Waals surface area contributed by atoms with Crippen LogP contribution in [0.1, 0.15) is 18.3 Å². The largest absolute Gasteiger partial charge is 0.305 e. The van der Waals surface area contributed by atoms with Gasteiger partial charge in [0.25, 0.3) is 0 Å². The highest BCUT2D eigenvalue weighted by Crippen LogP contribution is 2.07. The van der Waals surface area contributed by atoms with Crippen LogP contribution in [0.2, 0.25) is 0 Å². The van der Waals surface area contributed by atoms with Crippen LogP contribution in [0.3, 0.4) is 0 Å². The highest BCUT2D eigenvalue weighted by Gasteiger charge is 2.10. The molecule has 1 aromatic carbocycles. The number of aromatic nitrogens is 6. The number of hydrogen-bond donors (Lipinski definition) is 1. The second-order valence-electron chi connectivity index (χ2n) is 5.36. The Hall–Kier alpha value is -2.54. The Kier molecular flexibility index (Phi) is 4.24. The molecule has 7 heteroatoms. The predicted octanol–water partition coefficient (Wildman–Crippen LogP) is 1.35. The van der Waals surface area contributed by atoms with Crippen molar-refractivity contribution in [2.45, 2.75) is 33.0 Å². The van der Waals surface area contributed by atoms with Crippen molar-refractivity contribution in [3.63, 3.8) is 0 Å². The molecule has 7 nitrogen and oxygen atoms in total. The molecule has 0 spiro atoms. The van der Waals surface area contributed by atoms with Gasteiger partial charge < -0.3 is 5.32 Å². The fourth-order valence-electron chi connectivity index (χ4n) is 2.26. The van der Waals surface area contributed by atoms with Gasteiger partial charge in [-0.15, -0.1) is 5.10 Å². The van der Waals surface area contributed by atoms with E-state index in [0.29, 0.717) is 6.54 Å². The normalized spacial score (nSPS) is 12.5. The lowest BCUT2D eigenvalue weighted by Crippen LogP contribution is -2.31. The molecule has 0 aliphatic heterocycles. The predicted molar refractivity (Wildman–Crippen MR) is 82.4 cm³/mol. The summed E-state index contributed by atoms with van der Waals surface area (Å²) in [4.78, 5) is 0. The Morgan fingerprint density at radius 2 is 2.05 bits per heavy atom. The minimum Gasteiger partial charge on any atom is -0.305 e. The zero-order valence-electron chi connectivity index (χ0n) is 12.7. The highest BCUT2D eigenvalue weighted by atomic mass is 15.5. The van der Waals surface area contributed by atoms with E-state index in [1.165, 1.54) is 5.56 Å². The summed E-state index contributed by atoms with van der Waals surface area (Å²) in [6.07, 6.45) is 3.90. The molecular formula is C15H19N7. The first-order valence-electron chi connectivity index (χ1n) is 7.27. The summed E-state index contributed by atoms with van der Waals surface area (Å²) < 4.78 is 3.69. The minimum absolute atomic E-state index is 0.264. The molecule has 114 valence electrons. The van der Waals surface area contributed by atoms with E-state index in [2.05, 4.69) is 32.9 Å². The second-order valence-corrected chi connectivity index (χ2v) is 5.36. The third-order valence-electron chi connectivity index (χ3n) is 3.37. The Morgan fingerprint density at radius 1 is 1.23 bits per heavy atom. The van der Waals surface area contributed by atoms with Crippen LogP contribution in [0.15, 0.2) is 42.7 Å².